The average molecular weight is 430 g/mol. The Labute approximate surface area is 174 Å². The van der Waals surface area contributed by atoms with Crippen LogP contribution in [0.25, 0.3) is 10.2 Å². The van der Waals surface area contributed by atoms with Crippen molar-refractivity contribution in [1.82, 2.24) is 9.88 Å². The summed E-state index contributed by atoms with van der Waals surface area (Å²) in [6.07, 6.45) is 1.13. The lowest BCUT2D eigenvalue weighted by molar-refractivity contribution is 0.0743. The third kappa shape index (κ3) is 3.86. The van der Waals surface area contributed by atoms with Gasteiger partial charge in [-0.15, -0.1) is 0 Å². The van der Waals surface area contributed by atoms with E-state index in [1.54, 1.807) is 34.4 Å². The second-order valence-corrected chi connectivity index (χ2v) is 10.4. The largest absolute Gasteiger partial charge is 0.345 e. The molecule has 0 saturated carbocycles. The van der Waals surface area contributed by atoms with Gasteiger partial charge in [0.25, 0.3) is 5.91 Å². The Bertz CT molecular complexity index is 1150. The molecule has 1 aliphatic rings. The fraction of sp³-hybridized carbons (Fsp3) is 0.333. The maximum absolute atomic E-state index is 13.0. The van der Waals surface area contributed by atoms with Crippen LogP contribution in [0.2, 0.25) is 0 Å². The maximum atomic E-state index is 13.0. The molecular weight excluding hydrogens is 406 g/mol. The van der Waals surface area contributed by atoms with Gasteiger partial charge in [0, 0.05) is 32.4 Å². The lowest BCUT2D eigenvalue weighted by atomic mass is 10.1. The van der Waals surface area contributed by atoms with Crippen molar-refractivity contribution in [2.45, 2.75) is 18.7 Å². The zero-order valence-corrected chi connectivity index (χ0v) is 18.3. The molecule has 29 heavy (non-hydrogen) atoms. The summed E-state index contributed by atoms with van der Waals surface area (Å²) < 4.78 is 25.2. The highest BCUT2D eigenvalue weighted by atomic mass is 32.2. The van der Waals surface area contributed by atoms with E-state index in [9.17, 15) is 13.2 Å². The minimum absolute atomic E-state index is 0.0874. The SMILES string of the molecule is Cc1cc2nc(N3CCN(C(=O)c4ccccc4S(C)(=O)=O)CC3)sc2cc1C. The lowest BCUT2D eigenvalue weighted by Crippen LogP contribution is -2.49. The number of hydrogen-bond acceptors (Lipinski definition) is 6. The summed E-state index contributed by atoms with van der Waals surface area (Å²) >= 11 is 1.67. The van der Waals surface area contributed by atoms with Gasteiger partial charge >= 0.3 is 0 Å². The number of benzene rings is 2. The molecule has 1 aromatic heterocycles. The first-order chi connectivity index (χ1) is 13.7. The average Bonchev–Trinajstić information content (AvgIpc) is 3.10. The summed E-state index contributed by atoms with van der Waals surface area (Å²) in [5, 5.41) is 0.966. The van der Waals surface area contributed by atoms with Gasteiger partial charge in [0.2, 0.25) is 0 Å². The Kier molecular flexibility index (Phi) is 5.08. The number of thiazole rings is 1. The molecule has 1 aliphatic heterocycles. The minimum Gasteiger partial charge on any atom is -0.345 e. The number of nitrogens with zero attached hydrogens (tertiary/aromatic N) is 3. The van der Waals surface area contributed by atoms with Crippen molar-refractivity contribution in [3.63, 3.8) is 0 Å². The Morgan fingerprint density at radius 2 is 1.69 bits per heavy atom. The number of rotatable bonds is 3. The summed E-state index contributed by atoms with van der Waals surface area (Å²) in [6.45, 7) is 6.60. The van der Waals surface area contributed by atoms with Crippen LogP contribution in [0.15, 0.2) is 41.3 Å². The fourth-order valence-electron chi connectivity index (χ4n) is 3.54. The number of hydrogen-bond donors (Lipinski definition) is 0. The summed E-state index contributed by atoms with van der Waals surface area (Å²) in [4.78, 5) is 21.7. The van der Waals surface area contributed by atoms with Gasteiger partial charge in [-0.1, -0.05) is 23.5 Å². The van der Waals surface area contributed by atoms with Crippen molar-refractivity contribution >= 4 is 42.4 Å². The number of piperazine rings is 1. The zero-order chi connectivity index (χ0) is 20.8. The molecule has 2 aromatic carbocycles. The molecule has 0 spiro atoms. The highest BCUT2D eigenvalue weighted by Gasteiger charge is 2.27. The Hall–Kier alpha value is -2.45. The van der Waals surface area contributed by atoms with Crippen LogP contribution in [-0.4, -0.2) is 56.6 Å². The number of fused-ring (bicyclic) bond motifs is 1. The molecule has 0 bridgehead atoms. The van der Waals surface area contributed by atoms with Gasteiger partial charge in [-0.2, -0.15) is 0 Å². The van der Waals surface area contributed by atoms with Crippen LogP contribution in [0.1, 0.15) is 21.5 Å². The predicted octanol–water partition coefficient (Wildman–Crippen LogP) is 3.28. The topological polar surface area (TPSA) is 70.6 Å². The Morgan fingerprint density at radius 1 is 1.03 bits per heavy atom. The molecule has 152 valence electrons. The first-order valence-corrected chi connectivity index (χ1v) is 12.2. The van der Waals surface area contributed by atoms with Gasteiger partial charge in [-0.3, -0.25) is 4.79 Å². The van der Waals surface area contributed by atoms with E-state index in [2.05, 4.69) is 30.9 Å². The Balaban J connectivity index is 1.51. The predicted molar refractivity (Wildman–Crippen MR) is 117 cm³/mol. The van der Waals surface area contributed by atoms with Gasteiger partial charge in [-0.05, 0) is 49.2 Å². The van der Waals surface area contributed by atoms with Crippen LogP contribution >= 0.6 is 11.3 Å². The van der Waals surface area contributed by atoms with E-state index >= 15 is 0 Å². The molecule has 0 atom stereocenters. The first kappa shape index (κ1) is 19.8. The van der Waals surface area contributed by atoms with E-state index in [0.29, 0.717) is 26.2 Å². The highest BCUT2D eigenvalue weighted by Crippen LogP contribution is 2.31. The number of amides is 1. The standard InChI is InChI=1S/C21H23N3O3S2/c1-14-12-17-18(13-15(14)2)28-21(22-17)24-10-8-23(9-11-24)20(25)16-6-4-5-7-19(16)29(3,26)27/h4-7,12-13H,8-11H2,1-3H3. The molecule has 8 heteroatoms. The van der Waals surface area contributed by atoms with E-state index in [1.165, 1.54) is 21.9 Å². The third-order valence-corrected chi connectivity index (χ3v) is 7.58. The van der Waals surface area contributed by atoms with Gasteiger partial charge in [0.1, 0.15) is 0 Å². The summed E-state index contributed by atoms with van der Waals surface area (Å²) in [5.41, 5.74) is 3.74. The smallest absolute Gasteiger partial charge is 0.255 e. The quantitative estimate of drug-likeness (QED) is 0.639. The van der Waals surface area contributed by atoms with E-state index < -0.39 is 9.84 Å². The highest BCUT2D eigenvalue weighted by molar-refractivity contribution is 7.90. The molecule has 1 saturated heterocycles. The lowest BCUT2D eigenvalue weighted by Gasteiger charge is -2.34. The van der Waals surface area contributed by atoms with E-state index in [4.69, 9.17) is 4.98 Å². The molecule has 2 heterocycles. The number of aryl methyl sites for hydroxylation is 2. The first-order valence-electron chi connectivity index (χ1n) is 9.45. The Morgan fingerprint density at radius 3 is 2.38 bits per heavy atom. The fourth-order valence-corrected chi connectivity index (χ4v) is 5.52. The molecule has 4 rings (SSSR count). The number of carbonyl (C=O) groups excluding carboxylic acids is 1. The molecule has 1 amide bonds. The second-order valence-electron chi connectivity index (χ2n) is 7.45. The molecule has 1 fully saturated rings. The minimum atomic E-state index is -3.46. The molecular formula is C21H23N3O3S2. The van der Waals surface area contributed by atoms with Crippen molar-refractivity contribution in [3.05, 3.63) is 53.1 Å². The maximum Gasteiger partial charge on any atom is 0.255 e. The monoisotopic (exact) mass is 429 g/mol. The summed E-state index contributed by atoms with van der Waals surface area (Å²) in [6, 6.07) is 10.7. The van der Waals surface area contributed by atoms with Gasteiger partial charge in [0.15, 0.2) is 15.0 Å². The third-order valence-electron chi connectivity index (χ3n) is 5.35. The normalized spacial score (nSPS) is 15.1. The number of aromatic nitrogens is 1. The molecule has 0 radical (unpaired) electrons. The van der Waals surface area contributed by atoms with Gasteiger partial charge in [0.05, 0.1) is 20.7 Å². The molecule has 6 nitrogen and oxygen atoms in total. The number of carbonyl (C=O) groups is 1. The summed E-state index contributed by atoms with van der Waals surface area (Å²) in [5.74, 6) is -0.235. The van der Waals surface area contributed by atoms with E-state index in [1.807, 2.05) is 0 Å². The van der Waals surface area contributed by atoms with Crippen LogP contribution in [0.4, 0.5) is 5.13 Å². The van der Waals surface area contributed by atoms with Crippen molar-refractivity contribution in [2.24, 2.45) is 0 Å². The number of sulfone groups is 1. The number of anilines is 1. The zero-order valence-electron chi connectivity index (χ0n) is 16.7. The molecule has 0 N–H and O–H groups in total. The molecule has 0 aliphatic carbocycles. The van der Waals surface area contributed by atoms with Crippen LogP contribution in [0, 0.1) is 13.8 Å². The van der Waals surface area contributed by atoms with Gasteiger partial charge in [-0.25, -0.2) is 13.4 Å². The van der Waals surface area contributed by atoms with Crippen LogP contribution in [0.5, 0.6) is 0 Å². The van der Waals surface area contributed by atoms with E-state index in [0.717, 1.165) is 16.9 Å². The van der Waals surface area contributed by atoms with E-state index in [-0.39, 0.29) is 16.4 Å². The van der Waals surface area contributed by atoms with Crippen LogP contribution in [-0.2, 0) is 9.84 Å². The van der Waals surface area contributed by atoms with Crippen molar-refractivity contribution < 1.29 is 13.2 Å². The summed E-state index contributed by atoms with van der Waals surface area (Å²) in [7, 11) is -3.46. The second kappa shape index (κ2) is 7.42. The van der Waals surface area contributed by atoms with Crippen molar-refractivity contribution in [1.29, 1.82) is 0 Å². The molecule has 0 unspecified atom stereocenters. The van der Waals surface area contributed by atoms with Crippen molar-refractivity contribution in [2.75, 3.05) is 37.3 Å². The van der Waals surface area contributed by atoms with Crippen molar-refractivity contribution in [3.8, 4) is 0 Å². The van der Waals surface area contributed by atoms with Crippen LogP contribution < -0.4 is 4.90 Å². The van der Waals surface area contributed by atoms with Gasteiger partial charge < -0.3 is 9.80 Å². The molecule has 3 aromatic rings. The van der Waals surface area contributed by atoms with Crippen LogP contribution in [0.3, 0.4) is 0 Å².